The number of carbonyl (C=O) groups excluding carboxylic acids is 1. The minimum absolute atomic E-state index is 0.119. The molecule has 0 spiro atoms. The number of nitrogens with zero attached hydrogens (tertiary/aromatic N) is 2. The zero-order valence-electron chi connectivity index (χ0n) is 14.4. The number of nitrogens with one attached hydrogen (secondary N) is 2. The Kier molecular flexibility index (Phi) is 5.00. The molecule has 3 rings (SSSR count). The van der Waals surface area contributed by atoms with Crippen LogP contribution in [0.4, 0.5) is 5.69 Å². The first kappa shape index (κ1) is 17.0. The summed E-state index contributed by atoms with van der Waals surface area (Å²) >= 11 is 0. The predicted octanol–water partition coefficient (Wildman–Crippen LogP) is 2.09. The molecule has 0 fully saturated rings. The van der Waals surface area contributed by atoms with Gasteiger partial charge in [0.05, 0.1) is 11.0 Å². The van der Waals surface area contributed by atoms with Crippen molar-refractivity contribution >= 4 is 22.6 Å². The molecule has 2 aromatic carbocycles. The molecule has 1 amide bonds. The van der Waals surface area contributed by atoms with Crippen LogP contribution in [0.15, 0.2) is 42.5 Å². The minimum Gasteiger partial charge on any atom is -0.388 e. The first-order chi connectivity index (χ1) is 12.1. The Labute approximate surface area is 146 Å². The molecule has 0 aliphatic rings. The summed E-state index contributed by atoms with van der Waals surface area (Å²) in [5.41, 5.74) is 4.39. The van der Waals surface area contributed by atoms with Gasteiger partial charge in [0.1, 0.15) is 12.4 Å². The van der Waals surface area contributed by atoms with Crippen molar-refractivity contribution in [3.05, 3.63) is 59.4 Å². The Morgan fingerprint density at radius 2 is 1.96 bits per heavy atom. The van der Waals surface area contributed by atoms with Crippen molar-refractivity contribution in [1.29, 1.82) is 0 Å². The van der Waals surface area contributed by atoms with Crippen molar-refractivity contribution in [1.82, 2.24) is 15.3 Å². The molecule has 0 saturated carbocycles. The van der Waals surface area contributed by atoms with E-state index in [4.69, 9.17) is 5.11 Å². The first-order valence-electron chi connectivity index (χ1n) is 8.21. The van der Waals surface area contributed by atoms with Gasteiger partial charge in [-0.2, -0.15) is 0 Å². The number of aliphatic hydroxyl groups is 1. The third-order valence-corrected chi connectivity index (χ3v) is 4.09. The molecule has 0 atom stereocenters. The van der Waals surface area contributed by atoms with Crippen LogP contribution in [0.3, 0.4) is 0 Å². The normalized spacial score (nSPS) is 10.8. The van der Waals surface area contributed by atoms with Gasteiger partial charge in [-0.25, -0.2) is 4.98 Å². The largest absolute Gasteiger partial charge is 0.388 e. The number of carbonyl (C=O) groups is 1. The van der Waals surface area contributed by atoms with Crippen molar-refractivity contribution in [3.8, 4) is 0 Å². The fourth-order valence-electron chi connectivity index (χ4n) is 2.66. The van der Waals surface area contributed by atoms with E-state index in [-0.39, 0.29) is 12.5 Å². The number of hydrogen-bond acceptors (Lipinski definition) is 4. The van der Waals surface area contributed by atoms with Crippen LogP contribution in [0.2, 0.25) is 0 Å². The molecule has 1 heterocycles. The van der Waals surface area contributed by atoms with E-state index in [1.165, 1.54) is 5.56 Å². The Bertz CT molecular complexity index is 869. The van der Waals surface area contributed by atoms with Gasteiger partial charge in [0.15, 0.2) is 0 Å². The maximum absolute atomic E-state index is 12.3. The monoisotopic (exact) mass is 338 g/mol. The van der Waals surface area contributed by atoms with Gasteiger partial charge in [-0.05, 0) is 42.3 Å². The average molecular weight is 338 g/mol. The number of anilines is 1. The molecule has 0 saturated heterocycles. The van der Waals surface area contributed by atoms with Crippen molar-refractivity contribution in [2.75, 3.05) is 25.5 Å². The highest BCUT2D eigenvalue weighted by atomic mass is 16.3. The van der Waals surface area contributed by atoms with E-state index >= 15 is 0 Å². The summed E-state index contributed by atoms with van der Waals surface area (Å²) in [6.07, 6.45) is 0.778. The third-order valence-electron chi connectivity index (χ3n) is 4.09. The van der Waals surface area contributed by atoms with Crippen LogP contribution in [-0.4, -0.2) is 41.6 Å². The number of aromatic nitrogens is 2. The Morgan fingerprint density at radius 1 is 1.20 bits per heavy atom. The summed E-state index contributed by atoms with van der Waals surface area (Å²) in [6, 6.07) is 13.6. The lowest BCUT2D eigenvalue weighted by Gasteiger charge is -2.12. The van der Waals surface area contributed by atoms with Crippen LogP contribution in [0.25, 0.3) is 11.0 Å². The second kappa shape index (κ2) is 7.36. The SMILES string of the molecule is CN(C)c1ccc(CCNC(=O)c2ccc3nc(CO)[nH]c3c2)cc1. The first-order valence-corrected chi connectivity index (χ1v) is 8.21. The molecule has 0 bridgehead atoms. The van der Waals surface area contributed by atoms with Crippen molar-refractivity contribution in [2.45, 2.75) is 13.0 Å². The van der Waals surface area contributed by atoms with Crippen molar-refractivity contribution in [2.24, 2.45) is 0 Å². The van der Waals surface area contributed by atoms with Gasteiger partial charge < -0.3 is 20.3 Å². The fourth-order valence-corrected chi connectivity index (χ4v) is 2.66. The highest BCUT2D eigenvalue weighted by Gasteiger charge is 2.08. The van der Waals surface area contributed by atoms with E-state index in [2.05, 4.69) is 44.5 Å². The molecule has 6 nitrogen and oxygen atoms in total. The zero-order valence-corrected chi connectivity index (χ0v) is 14.4. The number of amides is 1. The number of aliphatic hydroxyl groups excluding tert-OH is 1. The van der Waals surface area contributed by atoms with Crippen molar-refractivity contribution < 1.29 is 9.90 Å². The van der Waals surface area contributed by atoms with E-state index in [9.17, 15) is 4.79 Å². The quantitative estimate of drug-likeness (QED) is 0.643. The summed E-state index contributed by atoms with van der Waals surface area (Å²) in [7, 11) is 4.02. The molecule has 6 heteroatoms. The number of hydrogen-bond donors (Lipinski definition) is 3. The predicted molar refractivity (Wildman–Crippen MR) is 98.8 cm³/mol. The topological polar surface area (TPSA) is 81.2 Å². The van der Waals surface area contributed by atoms with E-state index in [0.717, 1.165) is 23.1 Å². The Hall–Kier alpha value is -2.86. The van der Waals surface area contributed by atoms with Gasteiger partial charge in [-0.1, -0.05) is 12.1 Å². The fraction of sp³-hybridized carbons (Fsp3) is 0.263. The van der Waals surface area contributed by atoms with Crippen LogP contribution < -0.4 is 10.2 Å². The molecule has 130 valence electrons. The van der Waals surface area contributed by atoms with Gasteiger partial charge >= 0.3 is 0 Å². The molecule has 0 radical (unpaired) electrons. The lowest BCUT2D eigenvalue weighted by Crippen LogP contribution is -2.25. The molecular formula is C19H22N4O2. The molecule has 3 aromatic rings. The van der Waals surface area contributed by atoms with Crippen LogP contribution in [0.5, 0.6) is 0 Å². The molecule has 0 unspecified atom stereocenters. The molecule has 25 heavy (non-hydrogen) atoms. The number of fused-ring (bicyclic) bond motifs is 1. The summed E-state index contributed by atoms with van der Waals surface area (Å²) in [6.45, 7) is 0.422. The minimum atomic E-state index is -0.150. The second-order valence-electron chi connectivity index (χ2n) is 6.14. The molecule has 3 N–H and O–H groups in total. The van der Waals surface area contributed by atoms with Gasteiger partial charge in [0.25, 0.3) is 5.91 Å². The van der Waals surface area contributed by atoms with Gasteiger partial charge in [-0.15, -0.1) is 0 Å². The molecular weight excluding hydrogens is 316 g/mol. The summed E-state index contributed by atoms with van der Waals surface area (Å²) in [5.74, 6) is 0.376. The van der Waals surface area contributed by atoms with Gasteiger partial charge in [0, 0.05) is 31.9 Å². The summed E-state index contributed by atoms with van der Waals surface area (Å²) in [4.78, 5) is 21.6. The smallest absolute Gasteiger partial charge is 0.251 e. The van der Waals surface area contributed by atoms with Crippen LogP contribution in [0, 0.1) is 0 Å². The molecule has 0 aliphatic heterocycles. The lowest BCUT2D eigenvalue weighted by molar-refractivity contribution is 0.0954. The Morgan fingerprint density at radius 3 is 2.64 bits per heavy atom. The van der Waals surface area contributed by atoms with E-state index in [0.29, 0.717) is 17.9 Å². The number of H-pyrrole nitrogens is 1. The van der Waals surface area contributed by atoms with Crippen LogP contribution in [-0.2, 0) is 13.0 Å². The summed E-state index contributed by atoms with van der Waals surface area (Å²) < 4.78 is 0. The number of aromatic amines is 1. The second-order valence-corrected chi connectivity index (χ2v) is 6.14. The third kappa shape index (κ3) is 3.97. The highest BCUT2D eigenvalue weighted by molar-refractivity contribution is 5.97. The zero-order chi connectivity index (χ0) is 17.8. The molecule has 1 aromatic heterocycles. The van der Waals surface area contributed by atoms with E-state index in [1.54, 1.807) is 18.2 Å². The maximum atomic E-state index is 12.3. The average Bonchev–Trinajstić information content (AvgIpc) is 3.04. The van der Waals surface area contributed by atoms with E-state index in [1.807, 2.05) is 14.1 Å². The standard InChI is InChI=1S/C19H22N4O2/c1-23(2)15-6-3-13(4-7-15)9-10-20-19(25)14-5-8-16-17(11-14)22-18(12-24)21-16/h3-8,11,24H,9-10,12H2,1-2H3,(H,20,25)(H,21,22). The maximum Gasteiger partial charge on any atom is 0.251 e. The van der Waals surface area contributed by atoms with Gasteiger partial charge in [-0.3, -0.25) is 4.79 Å². The summed E-state index contributed by atoms with van der Waals surface area (Å²) in [5, 5.41) is 12.1. The van der Waals surface area contributed by atoms with Crippen LogP contribution in [0.1, 0.15) is 21.7 Å². The number of imidazole rings is 1. The highest BCUT2D eigenvalue weighted by Crippen LogP contribution is 2.14. The number of rotatable bonds is 6. The number of benzene rings is 2. The van der Waals surface area contributed by atoms with E-state index < -0.39 is 0 Å². The Balaban J connectivity index is 1.58. The molecule has 0 aliphatic carbocycles. The lowest BCUT2D eigenvalue weighted by atomic mass is 10.1. The van der Waals surface area contributed by atoms with Crippen molar-refractivity contribution in [3.63, 3.8) is 0 Å². The van der Waals surface area contributed by atoms with Crippen LogP contribution >= 0.6 is 0 Å². The van der Waals surface area contributed by atoms with Gasteiger partial charge in [0.2, 0.25) is 0 Å².